The molecule has 30 heavy (non-hydrogen) atoms. The topological polar surface area (TPSA) is 78.5 Å². The number of nitrogens with one attached hydrogen (secondary N) is 2. The average Bonchev–Trinajstić information content (AvgIpc) is 3.08. The first-order valence-corrected chi connectivity index (χ1v) is 13.3. The molecule has 4 rings (SSSR count). The summed E-state index contributed by atoms with van der Waals surface area (Å²) in [7, 11) is -3.71. The highest BCUT2D eigenvalue weighted by molar-refractivity contribution is 7.90. The summed E-state index contributed by atoms with van der Waals surface area (Å²) in [4.78, 5) is 15.0. The molecule has 0 radical (unpaired) electrons. The number of carbonyl (C=O) groups is 1. The number of hydrogen-bond donors (Lipinski definition) is 2. The van der Waals surface area contributed by atoms with Gasteiger partial charge in [0.15, 0.2) is 0 Å². The fourth-order valence-corrected chi connectivity index (χ4v) is 7.04. The second-order valence-corrected chi connectivity index (χ2v) is 11.0. The van der Waals surface area contributed by atoms with Crippen molar-refractivity contribution in [3.05, 3.63) is 28.3 Å². The highest BCUT2D eigenvalue weighted by Gasteiger charge is 2.50. The first-order valence-electron chi connectivity index (χ1n) is 11.6. The Hall–Kier alpha value is -1.60. The minimum Gasteiger partial charge on any atom is -0.307 e. The van der Waals surface area contributed by atoms with Crippen molar-refractivity contribution in [3.63, 3.8) is 0 Å². The minimum atomic E-state index is -3.71. The molecule has 1 fully saturated rings. The first kappa shape index (κ1) is 21.6. The van der Waals surface area contributed by atoms with Crippen LogP contribution in [0.2, 0.25) is 0 Å². The van der Waals surface area contributed by atoms with Gasteiger partial charge in [0, 0.05) is 11.2 Å². The molecule has 1 saturated carbocycles. The second-order valence-electron chi connectivity index (χ2n) is 9.26. The Morgan fingerprint density at radius 3 is 2.07 bits per heavy atom. The molecule has 3 aliphatic rings. The average molecular weight is 434 g/mol. The molecule has 166 valence electrons. The van der Waals surface area contributed by atoms with E-state index < -0.39 is 16.1 Å². The zero-order valence-electron chi connectivity index (χ0n) is 18.3. The van der Waals surface area contributed by atoms with Crippen molar-refractivity contribution in [2.45, 2.75) is 83.6 Å². The van der Waals surface area contributed by atoms with E-state index in [1.165, 1.54) is 22.3 Å². The standard InChI is InChI=1S/C23H35N3O3S/c1-3-13-26(14-4-2)23(11-12-23)16-30(28,29)25-22(27)24-21-19-9-5-7-17(19)15-18-8-6-10-20(18)21/h15H,3-14,16H2,1-2H3,(H2,24,25,27). The number of benzene rings is 1. The van der Waals surface area contributed by atoms with E-state index in [4.69, 9.17) is 0 Å². The van der Waals surface area contributed by atoms with Crippen LogP contribution in [0.25, 0.3) is 0 Å². The molecule has 7 heteroatoms. The Morgan fingerprint density at radius 2 is 1.57 bits per heavy atom. The third kappa shape index (κ3) is 4.37. The third-order valence-electron chi connectivity index (χ3n) is 6.90. The van der Waals surface area contributed by atoms with Gasteiger partial charge >= 0.3 is 6.03 Å². The zero-order valence-corrected chi connectivity index (χ0v) is 19.2. The van der Waals surface area contributed by atoms with Gasteiger partial charge in [-0.3, -0.25) is 4.90 Å². The first-order chi connectivity index (χ1) is 14.4. The molecular formula is C23H35N3O3S. The predicted molar refractivity (Wildman–Crippen MR) is 121 cm³/mol. The van der Waals surface area contributed by atoms with Gasteiger partial charge in [0.25, 0.3) is 0 Å². The quantitative estimate of drug-likeness (QED) is 0.621. The summed E-state index contributed by atoms with van der Waals surface area (Å²) in [5.74, 6) is -0.00156. The fraction of sp³-hybridized carbons (Fsp3) is 0.696. The van der Waals surface area contributed by atoms with E-state index in [-0.39, 0.29) is 11.3 Å². The Kier molecular flexibility index (Phi) is 6.13. The molecule has 2 N–H and O–H groups in total. The third-order valence-corrected chi connectivity index (χ3v) is 8.32. The van der Waals surface area contributed by atoms with Gasteiger partial charge < -0.3 is 5.32 Å². The Labute approximate surface area is 180 Å². The number of carbonyl (C=O) groups excluding carboxylic acids is 1. The highest BCUT2D eigenvalue weighted by Crippen LogP contribution is 2.43. The molecule has 0 heterocycles. The van der Waals surface area contributed by atoms with Gasteiger partial charge in [0.05, 0.1) is 5.75 Å². The number of fused-ring (bicyclic) bond motifs is 2. The fourth-order valence-electron chi connectivity index (χ4n) is 5.46. The zero-order chi connectivity index (χ0) is 21.4. The number of nitrogens with zero attached hydrogens (tertiary/aromatic N) is 1. The number of sulfonamides is 1. The summed E-state index contributed by atoms with van der Waals surface area (Å²) in [6.07, 6.45) is 9.97. The molecule has 1 aromatic rings. The predicted octanol–water partition coefficient (Wildman–Crippen LogP) is 3.77. The molecule has 0 unspecified atom stereocenters. The second kappa shape index (κ2) is 8.50. The van der Waals surface area contributed by atoms with Crippen LogP contribution >= 0.6 is 0 Å². The van der Waals surface area contributed by atoms with Crippen molar-refractivity contribution < 1.29 is 13.2 Å². The maximum atomic E-state index is 12.9. The van der Waals surface area contributed by atoms with Crippen LogP contribution in [0.5, 0.6) is 0 Å². The SMILES string of the molecule is CCCN(CCC)C1(CS(=O)(=O)NC(=O)Nc2c3c(cc4c2CCC4)CCC3)CC1. The molecule has 0 atom stereocenters. The molecule has 1 aromatic carbocycles. The molecule has 2 amide bonds. The van der Waals surface area contributed by atoms with E-state index >= 15 is 0 Å². The van der Waals surface area contributed by atoms with Gasteiger partial charge in [-0.05, 0) is 99.6 Å². The van der Waals surface area contributed by atoms with E-state index in [0.29, 0.717) is 0 Å². The smallest absolute Gasteiger partial charge is 0.307 e. The number of hydrogen-bond acceptors (Lipinski definition) is 4. The number of amides is 2. The van der Waals surface area contributed by atoms with E-state index in [1.54, 1.807) is 0 Å². The van der Waals surface area contributed by atoms with Crippen LogP contribution < -0.4 is 10.0 Å². The molecule has 0 saturated heterocycles. The number of aryl methyl sites for hydroxylation is 2. The van der Waals surface area contributed by atoms with Crippen molar-refractivity contribution in [1.29, 1.82) is 0 Å². The van der Waals surface area contributed by atoms with Crippen LogP contribution in [0.1, 0.15) is 74.6 Å². The lowest BCUT2D eigenvalue weighted by atomic mass is 9.99. The van der Waals surface area contributed by atoms with Gasteiger partial charge in [-0.1, -0.05) is 19.9 Å². The largest absolute Gasteiger partial charge is 0.332 e. The van der Waals surface area contributed by atoms with Crippen molar-refractivity contribution in [1.82, 2.24) is 9.62 Å². The Bertz CT molecular complexity index is 884. The van der Waals surface area contributed by atoms with Gasteiger partial charge in [0.1, 0.15) is 0 Å². The lowest BCUT2D eigenvalue weighted by molar-refractivity contribution is 0.193. The summed E-state index contributed by atoms with van der Waals surface area (Å²) < 4.78 is 28.1. The molecule has 0 spiro atoms. The minimum absolute atomic E-state index is 0.00156. The summed E-state index contributed by atoms with van der Waals surface area (Å²) in [6.45, 7) is 6.04. The van der Waals surface area contributed by atoms with Gasteiger partial charge in [-0.25, -0.2) is 17.9 Å². The summed E-state index contributed by atoms with van der Waals surface area (Å²) in [5.41, 5.74) is 5.64. The van der Waals surface area contributed by atoms with Crippen molar-refractivity contribution in [3.8, 4) is 0 Å². The van der Waals surface area contributed by atoms with Gasteiger partial charge in [-0.2, -0.15) is 0 Å². The van der Waals surface area contributed by atoms with Crippen LogP contribution in [-0.2, 0) is 35.7 Å². The molecular weight excluding hydrogens is 398 g/mol. The molecule has 3 aliphatic carbocycles. The molecule has 0 aliphatic heterocycles. The summed E-state index contributed by atoms with van der Waals surface area (Å²) in [5, 5.41) is 2.94. The molecule has 6 nitrogen and oxygen atoms in total. The maximum absolute atomic E-state index is 12.9. The van der Waals surface area contributed by atoms with E-state index in [1.807, 2.05) is 0 Å². The van der Waals surface area contributed by atoms with Crippen LogP contribution in [-0.4, -0.2) is 43.7 Å². The Balaban J connectivity index is 1.46. The normalized spacial score (nSPS) is 18.9. The maximum Gasteiger partial charge on any atom is 0.332 e. The van der Waals surface area contributed by atoms with Crippen LogP contribution in [0.15, 0.2) is 6.07 Å². The molecule has 0 aromatic heterocycles. The van der Waals surface area contributed by atoms with Crippen LogP contribution in [0.4, 0.5) is 10.5 Å². The van der Waals surface area contributed by atoms with Crippen LogP contribution in [0.3, 0.4) is 0 Å². The number of rotatable bonds is 9. The van der Waals surface area contributed by atoms with Crippen LogP contribution in [0, 0.1) is 0 Å². The summed E-state index contributed by atoms with van der Waals surface area (Å²) in [6, 6.07) is 1.69. The lowest BCUT2D eigenvalue weighted by Crippen LogP contribution is -2.47. The summed E-state index contributed by atoms with van der Waals surface area (Å²) >= 11 is 0. The van der Waals surface area contributed by atoms with Gasteiger partial charge in [0.2, 0.25) is 10.0 Å². The van der Waals surface area contributed by atoms with Crippen molar-refractivity contribution in [2.75, 3.05) is 24.2 Å². The number of anilines is 1. The van der Waals surface area contributed by atoms with E-state index in [9.17, 15) is 13.2 Å². The Morgan fingerprint density at radius 1 is 1.00 bits per heavy atom. The number of urea groups is 1. The highest BCUT2D eigenvalue weighted by atomic mass is 32.2. The monoisotopic (exact) mass is 433 g/mol. The van der Waals surface area contributed by atoms with Gasteiger partial charge in [-0.15, -0.1) is 0 Å². The van der Waals surface area contributed by atoms with E-state index in [2.05, 4.69) is 34.9 Å². The van der Waals surface area contributed by atoms with Crippen molar-refractivity contribution in [2.24, 2.45) is 0 Å². The lowest BCUT2D eigenvalue weighted by Gasteiger charge is -2.31. The molecule has 0 bridgehead atoms. The van der Waals surface area contributed by atoms with Crippen molar-refractivity contribution >= 4 is 21.7 Å². The van der Waals surface area contributed by atoms with E-state index in [0.717, 1.165) is 83.0 Å².